The van der Waals surface area contributed by atoms with Crippen LogP contribution in [0.15, 0.2) is 18.3 Å². The number of nitrogens with zero attached hydrogens (tertiary/aromatic N) is 1. The summed E-state index contributed by atoms with van der Waals surface area (Å²) >= 11 is 0. The summed E-state index contributed by atoms with van der Waals surface area (Å²) in [6.45, 7) is 18.9. The number of aromatic nitrogens is 1. The molecule has 0 saturated carbocycles. The maximum Gasteiger partial charge on any atom is 0.496 e. The molecule has 0 radical (unpaired) electrons. The highest BCUT2D eigenvalue weighted by Crippen LogP contribution is 2.36. The van der Waals surface area contributed by atoms with Crippen LogP contribution in [0.4, 0.5) is 0 Å². The second-order valence-electron chi connectivity index (χ2n) is 8.79. The largest absolute Gasteiger partial charge is 0.496 e. The van der Waals surface area contributed by atoms with Gasteiger partial charge < -0.3 is 13.7 Å². The molecule has 0 bridgehead atoms. The molecule has 0 aromatic carbocycles. The van der Waals surface area contributed by atoms with Gasteiger partial charge in [-0.3, -0.25) is 4.98 Å². The van der Waals surface area contributed by atoms with E-state index in [2.05, 4.69) is 66.2 Å². The summed E-state index contributed by atoms with van der Waals surface area (Å²) in [6, 6.07) is 4.04. The molecule has 1 fully saturated rings. The average Bonchev–Trinajstić information content (AvgIpc) is 2.56. The summed E-state index contributed by atoms with van der Waals surface area (Å²) in [6.07, 6.45) is 1.84. The van der Waals surface area contributed by atoms with E-state index in [-0.39, 0.29) is 23.9 Å². The van der Waals surface area contributed by atoms with Crippen LogP contribution in [0.25, 0.3) is 0 Å². The van der Waals surface area contributed by atoms with Gasteiger partial charge in [0.25, 0.3) is 0 Å². The van der Waals surface area contributed by atoms with Crippen molar-refractivity contribution in [1.29, 1.82) is 0 Å². The first-order valence-corrected chi connectivity index (χ1v) is 11.7. The standard InChI is InChI=1S/C17H30BNO3Si/c1-15(2,22-23(7,8)9)14-11-10-13(12-19-14)18-20-16(3,4)17(5,6)21-18/h10-12H,1-9H3/i1+1,2+1,15+1. The van der Waals surface area contributed by atoms with Crippen molar-refractivity contribution in [1.82, 2.24) is 4.98 Å². The molecule has 0 N–H and O–H groups in total. The first-order chi connectivity index (χ1) is 10.2. The fourth-order valence-corrected chi connectivity index (χ4v) is 4.33. The summed E-state index contributed by atoms with van der Waals surface area (Å²) in [5, 5.41) is 0. The first-order valence-electron chi connectivity index (χ1n) is 8.26. The zero-order valence-corrected chi connectivity index (χ0v) is 17.0. The molecule has 2 heterocycles. The summed E-state index contributed by atoms with van der Waals surface area (Å²) < 4.78 is 18.4. The number of hydrogen-bond acceptors (Lipinski definition) is 4. The van der Waals surface area contributed by atoms with Crippen LogP contribution >= 0.6 is 0 Å². The molecule has 0 atom stereocenters. The van der Waals surface area contributed by atoms with Crippen molar-refractivity contribution in [2.45, 2.75) is 78.0 Å². The Hall–Kier alpha value is -0.688. The van der Waals surface area contributed by atoms with Crippen molar-refractivity contribution in [3.8, 4) is 0 Å². The molecule has 1 aliphatic heterocycles. The van der Waals surface area contributed by atoms with Crippen LogP contribution in [0.1, 0.15) is 47.2 Å². The van der Waals surface area contributed by atoms with Crippen LogP contribution in [-0.2, 0) is 19.3 Å². The quantitative estimate of drug-likeness (QED) is 0.623. The van der Waals surface area contributed by atoms with E-state index in [0.29, 0.717) is 0 Å². The predicted molar refractivity (Wildman–Crippen MR) is 97.4 cm³/mol. The Morgan fingerprint density at radius 1 is 1.04 bits per heavy atom. The van der Waals surface area contributed by atoms with Crippen LogP contribution in [0.3, 0.4) is 0 Å². The SMILES string of the molecule is CC1(C)OB(c2ccc([13C]([13CH3])([13CH3])O[Si](C)(C)C)nc2)OC1(C)C. The molecule has 6 heteroatoms. The lowest BCUT2D eigenvalue weighted by Gasteiger charge is -2.32. The van der Waals surface area contributed by atoms with E-state index in [1.807, 2.05) is 18.3 Å². The molecule has 1 aliphatic rings. The molecule has 23 heavy (non-hydrogen) atoms. The number of hydrogen-bond donors (Lipinski definition) is 0. The molecular formula is C17H30BNO3Si. The second kappa shape index (κ2) is 5.69. The van der Waals surface area contributed by atoms with Crippen molar-refractivity contribution in [2.24, 2.45) is 0 Å². The monoisotopic (exact) mass is 338 g/mol. The highest BCUT2D eigenvalue weighted by Gasteiger charge is 2.51. The summed E-state index contributed by atoms with van der Waals surface area (Å²) in [4.78, 5) is 4.61. The van der Waals surface area contributed by atoms with Crippen molar-refractivity contribution in [2.75, 3.05) is 0 Å². The van der Waals surface area contributed by atoms with Gasteiger partial charge in [0.2, 0.25) is 0 Å². The molecule has 0 aliphatic carbocycles. The molecule has 1 aromatic heterocycles. The van der Waals surface area contributed by atoms with Gasteiger partial charge in [0, 0.05) is 11.7 Å². The molecule has 2 rings (SSSR count). The molecule has 4 nitrogen and oxygen atoms in total. The number of pyridine rings is 1. The maximum atomic E-state index is 6.26. The fourth-order valence-electron chi connectivity index (χ4n) is 2.70. The van der Waals surface area contributed by atoms with Crippen molar-refractivity contribution >= 4 is 20.9 Å². The van der Waals surface area contributed by atoms with Crippen molar-refractivity contribution in [3.63, 3.8) is 0 Å². The minimum atomic E-state index is -1.64. The number of rotatable bonds is 4. The minimum absolute atomic E-state index is 0.337. The van der Waals surface area contributed by atoms with Gasteiger partial charge in [0.15, 0.2) is 8.32 Å². The zero-order chi connectivity index (χ0) is 17.7. The Labute approximate surface area is 142 Å². The summed E-state index contributed by atoms with van der Waals surface area (Å²) in [7, 11) is -2.01. The summed E-state index contributed by atoms with van der Waals surface area (Å²) in [5.74, 6) is 0. The Balaban J connectivity index is 2.18. The van der Waals surface area contributed by atoms with Crippen LogP contribution in [0, 0.1) is 0 Å². The topological polar surface area (TPSA) is 40.6 Å². The van der Waals surface area contributed by atoms with Gasteiger partial charge in [-0.15, -0.1) is 0 Å². The lowest BCUT2D eigenvalue weighted by molar-refractivity contribution is 0.00578. The van der Waals surface area contributed by atoms with Gasteiger partial charge >= 0.3 is 7.12 Å². The molecule has 0 unspecified atom stereocenters. The molecule has 1 saturated heterocycles. The second-order valence-corrected chi connectivity index (χ2v) is 13.2. The van der Waals surface area contributed by atoms with Crippen LogP contribution in [0.2, 0.25) is 19.6 Å². The lowest BCUT2D eigenvalue weighted by Crippen LogP contribution is -2.41. The van der Waals surface area contributed by atoms with Crippen molar-refractivity contribution < 1.29 is 13.7 Å². The van der Waals surface area contributed by atoms with E-state index in [1.54, 1.807) is 0 Å². The normalized spacial score (nSPS) is 20.8. The van der Waals surface area contributed by atoms with E-state index < -0.39 is 8.32 Å². The molecule has 0 amide bonds. The third kappa shape index (κ3) is 4.05. The van der Waals surface area contributed by atoms with Gasteiger partial charge in [-0.25, -0.2) is 0 Å². The summed E-state index contributed by atoms with van der Waals surface area (Å²) in [5.41, 5.74) is 0.808. The van der Waals surface area contributed by atoms with E-state index >= 15 is 0 Å². The van der Waals surface area contributed by atoms with Gasteiger partial charge in [-0.2, -0.15) is 0 Å². The van der Waals surface area contributed by atoms with E-state index in [1.165, 1.54) is 0 Å². The van der Waals surface area contributed by atoms with Crippen LogP contribution in [0.5, 0.6) is 0 Å². The van der Waals surface area contributed by atoms with Crippen molar-refractivity contribution in [3.05, 3.63) is 24.0 Å². The highest BCUT2D eigenvalue weighted by molar-refractivity contribution is 6.69. The predicted octanol–water partition coefficient (Wildman–Crippen LogP) is 3.47. The molecule has 0 spiro atoms. The van der Waals surface area contributed by atoms with Gasteiger partial charge in [0.05, 0.1) is 22.5 Å². The third-order valence-corrected chi connectivity index (χ3v) is 5.61. The Bertz CT molecular complexity index is 548. The zero-order valence-electron chi connectivity index (χ0n) is 16.0. The Kier molecular flexibility index (Phi) is 4.61. The smallest absolute Gasteiger partial charge is 0.407 e. The first kappa shape index (κ1) is 18.6. The Morgan fingerprint density at radius 3 is 1.96 bits per heavy atom. The van der Waals surface area contributed by atoms with E-state index in [0.717, 1.165) is 11.2 Å². The minimum Gasteiger partial charge on any atom is -0.407 e. The molecule has 1 aromatic rings. The Morgan fingerprint density at radius 2 is 1.57 bits per heavy atom. The molecule has 128 valence electrons. The van der Waals surface area contributed by atoms with E-state index in [4.69, 9.17) is 13.7 Å². The maximum absolute atomic E-state index is 6.26. The van der Waals surface area contributed by atoms with E-state index in [9.17, 15) is 0 Å². The molecular weight excluding hydrogens is 308 g/mol. The van der Waals surface area contributed by atoms with Gasteiger partial charge in [0.1, 0.15) is 0 Å². The van der Waals surface area contributed by atoms with Gasteiger partial charge in [-0.1, -0.05) is 6.07 Å². The van der Waals surface area contributed by atoms with Crippen LogP contribution in [-0.4, -0.2) is 31.6 Å². The lowest BCUT2D eigenvalue weighted by atomic mass is 9.80. The third-order valence-electron chi connectivity index (χ3n) is 4.49. The van der Waals surface area contributed by atoms with Crippen LogP contribution < -0.4 is 5.46 Å². The average molecular weight is 338 g/mol. The van der Waals surface area contributed by atoms with Gasteiger partial charge in [-0.05, 0) is 67.2 Å². The fraction of sp³-hybridized carbons (Fsp3) is 0.706. The highest BCUT2D eigenvalue weighted by atomic mass is 28.4.